The molecule has 15 heavy (non-hydrogen) atoms. The molecule has 0 aromatic heterocycles. The van der Waals surface area contributed by atoms with Crippen LogP contribution in [0.25, 0.3) is 0 Å². The maximum absolute atomic E-state index is 13.1. The molecule has 1 heterocycles. The Bertz CT molecular complexity index is 379. The number of hydrogen-bond acceptors (Lipinski definition) is 2. The van der Waals surface area contributed by atoms with Crippen molar-refractivity contribution in [3.05, 3.63) is 29.6 Å². The molecule has 0 bridgehead atoms. The number of carbonyl (C=O) groups excluding carboxylic acids is 1. The molecule has 1 aromatic carbocycles. The van der Waals surface area contributed by atoms with Crippen molar-refractivity contribution in [3.63, 3.8) is 0 Å². The van der Waals surface area contributed by atoms with Crippen LogP contribution >= 0.6 is 0 Å². The van der Waals surface area contributed by atoms with Crippen molar-refractivity contribution < 1.29 is 9.18 Å². The van der Waals surface area contributed by atoms with E-state index in [9.17, 15) is 9.18 Å². The molecule has 3 heteroatoms. The maximum Gasteiger partial charge on any atom is 0.136 e. The fourth-order valence-electron chi connectivity index (χ4n) is 1.92. The summed E-state index contributed by atoms with van der Waals surface area (Å²) in [5.74, 6) is 0.0906. The molecule has 2 nitrogen and oxygen atoms in total. The molecule has 1 aliphatic rings. The molecule has 1 aromatic rings. The lowest BCUT2D eigenvalue weighted by Crippen LogP contribution is -2.34. The van der Waals surface area contributed by atoms with E-state index in [1.807, 2.05) is 6.92 Å². The van der Waals surface area contributed by atoms with E-state index in [4.69, 9.17) is 0 Å². The second-order valence-corrected chi connectivity index (χ2v) is 3.96. The predicted octanol–water partition coefficient (Wildman–Crippen LogP) is 2.30. The van der Waals surface area contributed by atoms with Gasteiger partial charge in [0.15, 0.2) is 0 Å². The fourth-order valence-corrected chi connectivity index (χ4v) is 1.92. The standard InChI is InChI=1S/C12H14FNO/c1-9-2-3-10(13)8-12(9)14-6-4-11(15)5-7-14/h2-3,8H,4-7H2,1H3. The molecule has 80 valence electrons. The molecule has 0 saturated carbocycles. The van der Waals surface area contributed by atoms with Crippen LogP contribution in [0.2, 0.25) is 0 Å². The third-order valence-electron chi connectivity index (χ3n) is 2.83. The number of hydrogen-bond donors (Lipinski definition) is 0. The second-order valence-electron chi connectivity index (χ2n) is 3.96. The quantitative estimate of drug-likeness (QED) is 0.704. The Labute approximate surface area is 88.7 Å². The third-order valence-corrected chi connectivity index (χ3v) is 2.83. The second kappa shape index (κ2) is 4.01. The predicted molar refractivity (Wildman–Crippen MR) is 57.6 cm³/mol. The highest BCUT2D eigenvalue weighted by Gasteiger charge is 2.17. The minimum absolute atomic E-state index is 0.215. The first-order chi connectivity index (χ1) is 7.16. The van der Waals surface area contributed by atoms with E-state index >= 15 is 0 Å². The highest BCUT2D eigenvalue weighted by molar-refractivity contribution is 5.81. The largest absolute Gasteiger partial charge is 0.370 e. The summed E-state index contributed by atoms with van der Waals surface area (Å²) in [4.78, 5) is 13.2. The van der Waals surface area contributed by atoms with Gasteiger partial charge in [-0.2, -0.15) is 0 Å². The Morgan fingerprint density at radius 2 is 1.93 bits per heavy atom. The van der Waals surface area contributed by atoms with Gasteiger partial charge in [-0.3, -0.25) is 4.79 Å². The van der Waals surface area contributed by atoms with Crippen molar-refractivity contribution in [2.75, 3.05) is 18.0 Å². The van der Waals surface area contributed by atoms with Gasteiger partial charge in [0, 0.05) is 31.6 Å². The van der Waals surface area contributed by atoms with Gasteiger partial charge in [0.1, 0.15) is 11.6 Å². The Balaban J connectivity index is 2.21. The lowest BCUT2D eigenvalue weighted by atomic mass is 10.1. The van der Waals surface area contributed by atoms with E-state index in [1.165, 1.54) is 6.07 Å². The summed E-state index contributed by atoms with van der Waals surface area (Å²) in [6.45, 7) is 3.39. The number of anilines is 1. The molecule has 0 atom stereocenters. The highest BCUT2D eigenvalue weighted by Crippen LogP contribution is 2.23. The van der Waals surface area contributed by atoms with Gasteiger partial charge >= 0.3 is 0 Å². The first kappa shape index (κ1) is 10.1. The highest BCUT2D eigenvalue weighted by atomic mass is 19.1. The van der Waals surface area contributed by atoms with Crippen LogP contribution in [0.5, 0.6) is 0 Å². The van der Waals surface area contributed by atoms with Gasteiger partial charge in [-0.25, -0.2) is 4.39 Å². The number of halogens is 1. The molecule has 0 spiro atoms. The number of benzene rings is 1. The van der Waals surface area contributed by atoms with Crippen LogP contribution in [0.1, 0.15) is 18.4 Å². The van der Waals surface area contributed by atoms with E-state index in [2.05, 4.69) is 4.90 Å². The first-order valence-electron chi connectivity index (χ1n) is 5.19. The van der Waals surface area contributed by atoms with Crippen molar-refractivity contribution in [1.82, 2.24) is 0 Å². The monoisotopic (exact) mass is 207 g/mol. The van der Waals surface area contributed by atoms with Crippen LogP contribution in [0.15, 0.2) is 18.2 Å². The summed E-state index contributed by atoms with van der Waals surface area (Å²) in [6.07, 6.45) is 1.16. The van der Waals surface area contributed by atoms with Crippen molar-refractivity contribution in [2.45, 2.75) is 19.8 Å². The molecule has 2 rings (SSSR count). The molecular formula is C12H14FNO. The molecule has 0 aliphatic carbocycles. The van der Waals surface area contributed by atoms with Crippen molar-refractivity contribution >= 4 is 11.5 Å². The smallest absolute Gasteiger partial charge is 0.136 e. The van der Waals surface area contributed by atoms with Gasteiger partial charge in [0.25, 0.3) is 0 Å². The maximum atomic E-state index is 13.1. The van der Waals surface area contributed by atoms with Crippen LogP contribution < -0.4 is 4.90 Å². The summed E-state index contributed by atoms with van der Waals surface area (Å²) in [5.41, 5.74) is 1.98. The van der Waals surface area contributed by atoms with Crippen LogP contribution in [0.3, 0.4) is 0 Å². The average Bonchev–Trinajstić information content (AvgIpc) is 2.23. The van der Waals surface area contributed by atoms with Gasteiger partial charge in [-0.15, -0.1) is 0 Å². The summed E-state index contributed by atoms with van der Waals surface area (Å²) in [5, 5.41) is 0. The normalized spacial score (nSPS) is 16.9. The molecule has 0 unspecified atom stereocenters. The van der Waals surface area contributed by atoms with Crippen molar-refractivity contribution in [2.24, 2.45) is 0 Å². The number of nitrogens with zero attached hydrogens (tertiary/aromatic N) is 1. The summed E-state index contributed by atoms with van der Waals surface area (Å²) in [6, 6.07) is 4.79. The zero-order chi connectivity index (χ0) is 10.8. The number of rotatable bonds is 1. The Hall–Kier alpha value is -1.38. The van der Waals surface area contributed by atoms with Crippen molar-refractivity contribution in [3.8, 4) is 0 Å². The Morgan fingerprint density at radius 1 is 1.27 bits per heavy atom. The molecule has 0 amide bonds. The van der Waals surface area contributed by atoms with E-state index < -0.39 is 0 Å². The topological polar surface area (TPSA) is 20.3 Å². The lowest BCUT2D eigenvalue weighted by Gasteiger charge is -2.29. The summed E-state index contributed by atoms with van der Waals surface area (Å²) in [7, 11) is 0. The fraction of sp³-hybridized carbons (Fsp3) is 0.417. The molecule has 0 radical (unpaired) electrons. The van der Waals surface area contributed by atoms with Crippen LogP contribution in [0.4, 0.5) is 10.1 Å². The third kappa shape index (κ3) is 2.17. The first-order valence-corrected chi connectivity index (χ1v) is 5.19. The molecule has 1 aliphatic heterocycles. The van der Waals surface area contributed by atoms with E-state index in [0.29, 0.717) is 31.7 Å². The average molecular weight is 207 g/mol. The van der Waals surface area contributed by atoms with Gasteiger partial charge < -0.3 is 4.90 Å². The van der Waals surface area contributed by atoms with Gasteiger partial charge in [0.2, 0.25) is 0 Å². The summed E-state index contributed by atoms with van der Waals surface area (Å²) >= 11 is 0. The van der Waals surface area contributed by atoms with Crippen LogP contribution in [-0.4, -0.2) is 18.9 Å². The number of aryl methyl sites for hydroxylation is 1. The number of piperidine rings is 1. The number of carbonyl (C=O) groups is 1. The molecule has 1 saturated heterocycles. The number of ketones is 1. The van der Waals surface area contributed by atoms with E-state index in [0.717, 1.165) is 11.3 Å². The molecule has 1 fully saturated rings. The van der Waals surface area contributed by atoms with Gasteiger partial charge in [-0.1, -0.05) is 6.07 Å². The van der Waals surface area contributed by atoms with Gasteiger partial charge in [0.05, 0.1) is 0 Å². The Morgan fingerprint density at radius 3 is 2.60 bits per heavy atom. The van der Waals surface area contributed by atoms with E-state index in [1.54, 1.807) is 12.1 Å². The summed E-state index contributed by atoms with van der Waals surface area (Å²) < 4.78 is 13.1. The SMILES string of the molecule is Cc1ccc(F)cc1N1CCC(=O)CC1. The van der Waals surface area contributed by atoms with Crippen LogP contribution in [-0.2, 0) is 4.79 Å². The zero-order valence-electron chi connectivity index (χ0n) is 8.79. The molecule has 0 N–H and O–H groups in total. The van der Waals surface area contributed by atoms with Crippen molar-refractivity contribution in [1.29, 1.82) is 0 Å². The Kier molecular flexibility index (Phi) is 2.71. The minimum atomic E-state index is -0.215. The van der Waals surface area contributed by atoms with E-state index in [-0.39, 0.29) is 5.82 Å². The molecular weight excluding hydrogens is 193 g/mol. The minimum Gasteiger partial charge on any atom is -0.370 e. The lowest BCUT2D eigenvalue weighted by molar-refractivity contribution is -0.119. The van der Waals surface area contributed by atoms with Gasteiger partial charge in [-0.05, 0) is 24.6 Å². The van der Waals surface area contributed by atoms with Crippen LogP contribution in [0, 0.1) is 12.7 Å². The number of Topliss-reactive ketones (excluding diaryl/α,β-unsaturated/α-hetero) is 1. The zero-order valence-corrected chi connectivity index (χ0v) is 8.79.